The van der Waals surface area contributed by atoms with Crippen LogP contribution in [0.2, 0.25) is 5.02 Å². The topological polar surface area (TPSA) is 91.9 Å². The number of halogens is 4. The molecule has 2 N–H and O–H groups in total. The van der Waals surface area contributed by atoms with Crippen LogP contribution in [0.15, 0.2) is 30.3 Å². The van der Waals surface area contributed by atoms with Gasteiger partial charge in [0.1, 0.15) is 11.6 Å². The molecule has 5 rings (SSSR count). The van der Waals surface area contributed by atoms with Crippen LogP contribution in [0.4, 0.5) is 21.8 Å². The van der Waals surface area contributed by atoms with Gasteiger partial charge in [-0.3, -0.25) is 4.79 Å². The fourth-order valence-corrected chi connectivity index (χ4v) is 5.19. The smallest absolute Gasteiger partial charge is 0.227 e. The third-order valence-corrected chi connectivity index (χ3v) is 7.32. The van der Waals surface area contributed by atoms with Gasteiger partial charge in [-0.05, 0) is 50.1 Å². The van der Waals surface area contributed by atoms with Gasteiger partial charge in [0.05, 0.1) is 25.4 Å². The summed E-state index contributed by atoms with van der Waals surface area (Å²) in [6.45, 7) is 3.56. The largest absolute Gasteiger partial charge is 0.493 e. The number of amides is 1. The van der Waals surface area contributed by atoms with E-state index in [4.69, 9.17) is 31.0 Å². The van der Waals surface area contributed by atoms with Gasteiger partial charge in [-0.1, -0.05) is 11.6 Å². The summed E-state index contributed by atoms with van der Waals surface area (Å²) in [6, 6.07) is 8.26. The molecule has 0 bridgehead atoms. The molecule has 2 aromatic carbocycles. The number of ether oxygens (including phenoxy) is 2. The molecular weight excluding hydrogens is 582 g/mol. The number of rotatable bonds is 7. The molecular formula is C27H34Cl3FN6O3. The van der Waals surface area contributed by atoms with E-state index in [9.17, 15) is 9.18 Å². The second-order valence-electron chi connectivity index (χ2n) is 9.56. The summed E-state index contributed by atoms with van der Waals surface area (Å²) in [6.07, 6.45) is 3.51. The maximum atomic E-state index is 14.7. The summed E-state index contributed by atoms with van der Waals surface area (Å²) < 4.78 is 25.7. The van der Waals surface area contributed by atoms with Gasteiger partial charge in [-0.15, -0.1) is 24.8 Å². The predicted molar refractivity (Wildman–Crippen MR) is 161 cm³/mol. The lowest BCUT2D eigenvalue weighted by Crippen LogP contribution is -2.38. The Morgan fingerprint density at radius 2 is 1.85 bits per heavy atom. The van der Waals surface area contributed by atoms with E-state index in [2.05, 4.69) is 15.5 Å². The van der Waals surface area contributed by atoms with E-state index in [1.54, 1.807) is 38.5 Å². The Kier molecular flexibility index (Phi) is 11.3. The van der Waals surface area contributed by atoms with Crippen molar-refractivity contribution < 1.29 is 18.7 Å². The van der Waals surface area contributed by atoms with Crippen LogP contribution in [0.1, 0.15) is 25.7 Å². The van der Waals surface area contributed by atoms with Crippen molar-refractivity contribution in [3.05, 3.63) is 41.2 Å². The van der Waals surface area contributed by atoms with Crippen LogP contribution < -0.4 is 25.0 Å². The highest BCUT2D eigenvalue weighted by Crippen LogP contribution is 2.36. The lowest BCUT2D eigenvalue weighted by atomic mass is 10.1. The van der Waals surface area contributed by atoms with Gasteiger partial charge in [-0.2, -0.15) is 4.98 Å². The van der Waals surface area contributed by atoms with Crippen LogP contribution in [-0.4, -0.2) is 73.8 Å². The first kappa shape index (κ1) is 31.7. The second kappa shape index (κ2) is 14.2. The standard InChI is InChI=1S/C27H32ClFN6O3.2ClH/c1-37-23-15-19-22(16-24(23)38-2)32-27(33-26(19)31-21-7-6-17(28)13-20(21)29)35-10-4-9-34(11-12-35)25(36)14-18-5-3-8-30-18;;/h6-7,13,15-16,18,30H,3-5,8-12,14H2,1-2H3,(H,31,32,33);2*1H/t18-;;/m0../s1. The van der Waals surface area contributed by atoms with Crippen LogP contribution in [0.5, 0.6) is 11.5 Å². The molecule has 0 spiro atoms. The van der Waals surface area contributed by atoms with Crippen molar-refractivity contribution >= 4 is 70.7 Å². The summed E-state index contributed by atoms with van der Waals surface area (Å²) in [5.41, 5.74) is 0.859. The minimum absolute atomic E-state index is 0. The summed E-state index contributed by atoms with van der Waals surface area (Å²) in [4.78, 5) is 26.6. The Balaban J connectivity index is 0.00000220. The van der Waals surface area contributed by atoms with E-state index in [0.717, 1.165) is 25.8 Å². The molecule has 9 nitrogen and oxygen atoms in total. The number of benzene rings is 2. The molecule has 0 saturated carbocycles. The van der Waals surface area contributed by atoms with Crippen molar-refractivity contribution in [2.75, 3.05) is 57.2 Å². The molecule has 2 saturated heterocycles. The molecule has 0 radical (unpaired) electrons. The molecule has 13 heteroatoms. The third-order valence-electron chi connectivity index (χ3n) is 7.09. The highest BCUT2D eigenvalue weighted by atomic mass is 35.5. The minimum atomic E-state index is -0.494. The number of aromatic nitrogens is 2. The zero-order chi connectivity index (χ0) is 26.6. The molecule has 1 atom stereocenters. The van der Waals surface area contributed by atoms with Crippen molar-refractivity contribution in [3.8, 4) is 11.5 Å². The zero-order valence-electron chi connectivity index (χ0n) is 22.4. The number of anilines is 3. The number of fused-ring (bicyclic) bond motifs is 1. The van der Waals surface area contributed by atoms with Crippen LogP contribution in [-0.2, 0) is 4.79 Å². The Morgan fingerprint density at radius 3 is 2.55 bits per heavy atom. The molecule has 0 aliphatic carbocycles. The molecule has 2 aliphatic heterocycles. The Morgan fingerprint density at radius 1 is 1.07 bits per heavy atom. The molecule has 3 aromatic rings. The van der Waals surface area contributed by atoms with Crippen LogP contribution in [0.3, 0.4) is 0 Å². The van der Waals surface area contributed by atoms with Gasteiger partial charge >= 0.3 is 0 Å². The molecule has 2 fully saturated rings. The maximum Gasteiger partial charge on any atom is 0.227 e. The maximum absolute atomic E-state index is 14.7. The van der Waals surface area contributed by atoms with Crippen molar-refractivity contribution in [3.63, 3.8) is 0 Å². The van der Waals surface area contributed by atoms with Crippen LogP contribution in [0, 0.1) is 5.82 Å². The van der Waals surface area contributed by atoms with Crippen molar-refractivity contribution in [1.29, 1.82) is 0 Å². The first-order valence-corrected chi connectivity index (χ1v) is 13.2. The predicted octanol–water partition coefficient (Wildman–Crippen LogP) is 5.21. The van der Waals surface area contributed by atoms with E-state index in [0.29, 0.717) is 71.8 Å². The highest BCUT2D eigenvalue weighted by molar-refractivity contribution is 6.30. The van der Waals surface area contributed by atoms with Gasteiger partial charge in [0.25, 0.3) is 0 Å². The number of carbonyl (C=O) groups is 1. The van der Waals surface area contributed by atoms with E-state index >= 15 is 0 Å². The monoisotopic (exact) mass is 614 g/mol. The molecule has 1 amide bonds. The lowest BCUT2D eigenvalue weighted by molar-refractivity contribution is -0.131. The molecule has 0 unspecified atom stereocenters. The van der Waals surface area contributed by atoms with Crippen molar-refractivity contribution in [1.82, 2.24) is 20.2 Å². The average Bonchev–Trinajstić information content (AvgIpc) is 3.30. The first-order chi connectivity index (χ1) is 18.4. The minimum Gasteiger partial charge on any atom is -0.493 e. The lowest BCUT2D eigenvalue weighted by Gasteiger charge is -2.24. The second-order valence-corrected chi connectivity index (χ2v) is 10.0. The van der Waals surface area contributed by atoms with E-state index in [1.165, 1.54) is 6.07 Å². The quantitative estimate of drug-likeness (QED) is 0.375. The number of methoxy groups -OCH3 is 2. The summed E-state index contributed by atoms with van der Waals surface area (Å²) in [7, 11) is 3.12. The number of nitrogens with zero attached hydrogens (tertiary/aromatic N) is 4. The molecule has 40 heavy (non-hydrogen) atoms. The van der Waals surface area contributed by atoms with E-state index in [1.807, 2.05) is 4.90 Å². The van der Waals surface area contributed by atoms with E-state index < -0.39 is 5.82 Å². The Labute approximate surface area is 250 Å². The number of hydrogen-bond acceptors (Lipinski definition) is 8. The average molecular weight is 616 g/mol. The molecule has 2 aliphatic rings. The fourth-order valence-electron chi connectivity index (χ4n) is 5.04. The number of carbonyl (C=O) groups excluding carboxylic acids is 1. The molecule has 218 valence electrons. The van der Waals surface area contributed by atoms with Gasteiger partial charge in [0.15, 0.2) is 11.5 Å². The first-order valence-electron chi connectivity index (χ1n) is 12.9. The van der Waals surface area contributed by atoms with Gasteiger partial charge < -0.3 is 29.9 Å². The summed E-state index contributed by atoms with van der Waals surface area (Å²) in [5.74, 6) is 1.65. The van der Waals surface area contributed by atoms with Crippen LogP contribution in [0.25, 0.3) is 10.9 Å². The SMILES string of the molecule is COc1cc2nc(N3CCCN(C(=O)C[C@@H]4CCCN4)CC3)nc(Nc3ccc(Cl)cc3F)c2cc1OC.Cl.Cl. The summed E-state index contributed by atoms with van der Waals surface area (Å²) in [5, 5.41) is 7.48. The fraction of sp³-hybridized carbons (Fsp3) is 0.444. The molecule has 1 aromatic heterocycles. The molecule has 3 heterocycles. The zero-order valence-corrected chi connectivity index (χ0v) is 24.8. The van der Waals surface area contributed by atoms with Gasteiger partial charge in [0.2, 0.25) is 11.9 Å². The highest BCUT2D eigenvalue weighted by Gasteiger charge is 2.25. The normalized spacial score (nSPS) is 17.1. The third kappa shape index (κ3) is 7.09. The Hall–Kier alpha value is -2.79. The van der Waals surface area contributed by atoms with E-state index in [-0.39, 0.29) is 42.5 Å². The Bertz CT molecular complexity index is 1330. The summed E-state index contributed by atoms with van der Waals surface area (Å²) >= 11 is 5.95. The van der Waals surface area contributed by atoms with Gasteiger partial charge in [0, 0.05) is 55.1 Å². The van der Waals surface area contributed by atoms with Crippen LogP contribution >= 0.6 is 36.4 Å². The van der Waals surface area contributed by atoms with Crippen molar-refractivity contribution in [2.45, 2.75) is 31.7 Å². The van der Waals surface area contributed by atoms with Gasteiger partial charge in [-0.25, -0.2) is 9.37 Å². The number of hydrogen-bond donors (Lipinski definition) is 2. The number of nitrogens with one attached hydrogen (secondary N) is 2. The van der Waals surface area contributed by atoms with Crippen molar-refractivity contribution in [2.24, 2.45) is 0 Å².